The first-order valence-corrected chi connectivity index (χ1v) is 13.4. The molecule has 2 N–H and O–H groups in total. The second-order valence-electron chi connectivity index (χ2n) is 8.99. The van der Waals surface area contributed by atoms with Crippen molar-refractivity contribution in [3.05, 3.63) is 76.4 Å². The van der Waals surface area contributed by atoms with Gasteiger partial charge in [0.15, 0.2) is 9.84 Å². The van der Waals surface area contributed by atoms with E-state index in [2.05, 4.69) is 26.8 Å². The summed E-state index contributed by atoms with van der Waals surface area (Å²) < 4.78 is 26.8. The highest BCUT2D eigenvalue weighted by Crippen LogP contribution is 2.39. The van der Waals surface area contributed by atoms with Crippen LogP contribution in [0.1, 0.15) is 76.5 Å². The molecule has 0 fully saturated rings. The van der Waals surface area contributed by atoms with E-state index in [-0.39, 0.29) is 34.1 Å². The van der Waals surface area contributed by atoms with Gasteiger partial charge in [0.05, 0.1) is 5.75 Å². The molecule has 33 heavy (non-hydrogen) atoms. The lowest BCUT2D eigenvalue weighted by atomic mass is 10.00. The largest absolute Gasteiger partial charge is 0.508 e. The number of benzene rings is 2. The van der Waals surface area contributed by atoms with Crippen molar-refractivity contribution in [2.45, 2.75) is 83.3 Å². The Hall–Kier alpha value is -2.53. The predicted molar refractivity (Wildman–Crippen MR) is 136 cm³/mol. The van der Waals surface area contributed by atoms with Crippen LogP contribution in [0.2, 0.25) is 0 Å². The number of hydrogen-bond acceptors (Lipinski definition) is 4. The fraction of sp³-hybridized carbons (Fsp3) is 0.429. The van der Waals surface area contributed by atoms with E-state index in [9.17, 15) is 18.6 Å². The zero-order valence-corrected chi connectivity index (χ0v) is 21.2. The molecule has 0 aromatic heterocycles. The standard InChI is InChI=1S/C28H38O4S/c1-5-6-8-16-24-19-26(29)25(18-17-22(4)13-11-12-21(2)3)27(30)28(24)33(31,32)20-23-14-9-7-10-15-23/h7,9-10,12,14-15,17,19,29-30H,5-6,8,11,13,16,18,20H2,1-4H3/b22-17+. The quantitative estimate of drug-likeness (QED) is 0.258. The van der Waals surface area contributed by atoms with Crippen molar-refractivity contribution < 1.29 is 18.6 Å². The van der Waals surface area contributed by atoms with Gasteiger partial charge in [0.25, 0.3) is 0 Å². The van der Waals surface area contributed by atoms with Crippen molar-refractivity contribution in [3.8, 4) is 11.5 Å². The molecule has 2 aromatic carbocycles. The molecule has 2 aromatic rings. The number of rotatable bonds is 12. The number of allylic oxidation sites excluding steroid dienone is 4. The van der Waals surface area contributed by atoms with Gasteiger partial charge in [-0.05, 0) is 70.1 Å². The number of aromatic hydroxyl groups is 2. The van der Waals surface area contributed by atoms with Gasteiger partial charge in [0, 0.05) is 5.56 Å². The Labute approximate surface area is 199 Å². The fourth-order valence-electron chi connectivity index (χ4n) is 3.86. The summed E-state index contributed by atoms with van der Waals surface area (Å²) in [7, 11) is -3.80. The molecule has 0 unspecified atom stereocenters. The number of sulfone groups is 1. The molecule has 0 radical (unpaired) electrons. The van der Waals surface area contributed by atoms with Crippen LogP contribution in [0.15, 0.2) is 64.6 Å². The molecule has 0 saturated heterocycles. The molecule has 0 atom stereocenters. The number of phenolic OH excluding ortho intramolecular Hbond substituents is 2. The first-order valence-electron chi connectivity index (χ1n) is 11.8. The summed E-state index contributed by atoms with van der Waals surface area (Å²) >= 11 is 0. The van der Waals surface area contributed by atoms with E-state index < -0.39 is 9.84 Å². The molecule has 0 aliphatic heterocycles. The number of hydrogen-bond donors (Lipinski definition) is 2. The van der Waals surface area contributed by atoms with Gasteiger partial charge in [-0.15, -0.1) is 0 Å². The summed E-state index contributed by atoms with van der Waals surface area (Å²) in [4.78, 5) is -0.0362. The van der Waals surface area contributed by atoms with E-state index in [4.69, 9.17) is 0 Å². The van der Waals surface area contributed by atoms with Crippen molar-refractivity contribution in [3.63, 3.8) is 0 Å². The Bertz CT molecular complexity index is 1080. The van der Waals surface area contributed by atoms with Crippen molar-refractivity contribution in [2.24, 2.45) is 0 Å². The Morgan fingerprint density at radius 2 is 1.70 bits per heavy atom. The molecule has 0 aliphatic carbocycles. The summed E-state index contributed by atoms with van der Waals surface area (Å²) in [6, 6.07) is 10.5. The molecule has 0 aliphatic rings. The van der Waals surface area contributed by atoms with Crippen LogP contribution in [0.3, 0.4) is 0 Å². The average molecular weight is 471 g/mol. The molecule has 4 nitrogen and oxygen atoms in total. The number of aryl methyl sites for hydroxylation is 1. The zero-order valence-electron chi connectivity index (χ0n) is 20.4. The number of phenols is 2. The third kappa shape index (κ3) is 8.08. The Balaban J connectivity index is 2.43. The van der Waals surface area contributed by atoms with Gasteiger partial charge in [-0.1, -0.05) is 73.4 Å². The third-order valence-electron chi connectivity index (χ3n) is 5.72. The monoisotopic (exact) mass is 470 g/mol. The van der Waals surface area contributed by atoms with Gasteiger partial charge in [-0.25, -0.2) is 8.42 Å². The lowest BCUT2D eigenvalue weighted by molar-refractivity contribution is 0.427. The van der Waals surface area contributed by atoms with E-state index in [0.717, 1.165) is 37.7 Å². The molecule has 0 spiro atoms. The zero-order chi connectivity index (χ0) is 24.4. The molecule has 2 rings (SSSR count). The van der Waals surface area contributed by atoms with Crippen LogP contribution in [0, 0.1) is 0 Å². The SMILES string of the molecule is CCCCCc1cc(O)c(C/C=C(\C)CCC=C(C)C)c(O)c1S(=O)(=O)Cc1ccccc1. The maximum atomic E-state index is 13.4. The summed E-state index contributed by atoms with van der Waals surface area (Å²) in [6.45, 7) is 8.22. The Kier molecular flexibility index (Phi) is 10.2. The Morgan fingerprint density at radius 1 is 1.00 bits per heavy atom. The lowest BCUT2D eigenvalue weighted by Gasteiger charge is -2.17. The topological polar surface area (TPSA) is 74.6 Å². The van der Waals surface area contributed by atoms with Crippen molar-refractivity contribution >= 4 is 9.84 Å². The van der Waals surface area contributed by atoms with E-state index in [1.165, 1.54) is 11.6 Å². The van der Waals surface area contributed by atoms with Crippen LogP contribution < -0.4 is 0 Å². The van der Waals surface area contributed by atoms with E-state index in [0.29, 0.717) is 17.5 Å². The minimum absolute atomic E-state index is 0.0362. The van der Waals surface area contributed by atoms with Crippen LogP contribution in [-0.2, 0) is 28.4 Å². The highest BCUT2D eigenvalue weighted by Gasteiger charge is 2.27. The summed E-state index contributed by atoms with van der Waals surface area (Å²) in [5.74, 6) is -0.555. The lowest BCUT2D eigenvalue weighted by Crippen LogP contribution is -2.10. The average Bonchev–Trinajstić information content (AvgIpc) is 2.73. The van der Waals surface area contributed by atoms with Crippen LogP contribution in [0.5, 0.6) is 11.5 Å². The molecular weight excluding hydrogens is 432 g/mol. The highest BCUT2D eigenvalue weighted by molar-refractivity contribution is 7.90. The van der Waals surface area contributed by atoms with Gasteiger partial charge in [0.2, 0.25) is 0 Å². The van der Waals surface area contributed by atoms with Gasteiger partial charge in [-0.2, -0.15) is 0 Å². The normalized spacial score (nSPS) is 12.1. The minimum Gasteiger partial charge on any atom is -0.508 e. The molecule has 0 amide bonds. The maximum Gasteiger partial charge on any atom is 0.186 e. The van der Waals surface area contributed by atoms with Gasteiger partial charge >= 0.3 is 0 Å². The molecule has 0 heterocycles. The second-order valence-corrected chi connectivity index (χ2v) is 10.9. The van der Waals surface area contributed by atoms with E-state index >= 15 is 0 Å². The Morgan fingerprint density at radius 3 is 2.33 bits per heavy atom. The van der Waals surface area contributed by atoms with Gasteiger partial charge in [-0.3, -0.25) is 0 Å². The molecule has 5 heteroatoms. The first kappa shape index (κ1) is 26.7. The van der Waals surface area contributed by atoms with E-state index in [1.807, 2.05) is 19.1 Å². The number of unbranched alkanes of at least 4 members (excludes halogenated alkanes) is 2. The molecule has 0 bridgehead atoms. The fourth-order valence-corrected chi connectivity index (χ4v) is 5.61. The molecule has 0 saturated carbocycles. The smallest absolute Gasteiger partial charge is 0.186 e. The van der Waals surface area contributed by atoms with Gasteiger partial charge in [0.1, 0.15) is 16.4 Å². The minimum atomic E-state index is -3.80. The molecular formula is C28H38O4S. The summed E-state index contributed by atoms with van der Waals surface area (Å²) in [5, 5.41) is 21.8. The summed E-state index contributed by atoms with van der Waals surface area (Å²) in [5.41, 5.74) is 3.82. The van der Waals surface area contributed by atoms with Crippen LogP contribution in [-0.4, -0.2) is 18.6 Å². The van der Waals surface area contributed by atoms with Crippen molar-refractivity contribution in [2.75, 3.05) is 0 Å². The molecule has 180 valence electrons. The van der Waals surface area contributed by atoms with Crippen LogP contribution in [0.4, 0.5) is 0 Å². The van der Waals surface area contributed by atoms with Crippen molar-refractivity contribution in [1.29, 1.82) is 0 Å². The maximum absolute atomic E-state index is 13.4. The highest BCUT2D eigenvalue weighted by atomic mass is 32.2. The van der Waals surface area contributed by atoms with E-state index in [1.54, 1.807) is 24.3 Å². The van der Waals surface area contributed by atoms with Crippen molar-refractivity contribution in [1.82, 2.24) is 0 Å². The van der Waals surface area contributed by atoms with Gasteiger partial charge < -0.3 is 10.2 Å². The first-order chi connectivity index (χ1) is 15.7. The second kappa shape index (κ2) is 12.6. The third-order valence-corrected chi connectivity index (χ3v) is 7.51. The summed E-state index contributed by atoms with van der Waals surface area (Å²) in [6.07, 6.45) is 9.46. The van der Waals surface area contributed by atoms with Crippen LogP contribution >= 0.6 is 0 Å². The predicted octanol–water partition coefficient (Wildman–Crippen LogP) is 7.04. The van der Waals surface area contributed by atoms with Crippen LogP contribution in [0.25, 0.3) is 0 Å².